The minimum atomic E-state index is -0.959. The third-order valence-electron chi connectivity index (χ3n) is 7.06. The van der Waals surface area contributed by atoms with Crippen molar-refractivity contribution in [1.82, 2.24) is 30.4 Å². The molecule has 1 atom stereocenters. The lowest BCUT2D eigenvalue weighted by Crippen LogP contribution is -2.46. The zero-order valence-corrected chi connectivity index (χ0v) is 22.1. The first kappa shape index (κ1) is 26.4. The molecule has 12 nitrogen and oxygen atoms in total. The highest BCUT2D eigenvalue weighted by Gasteiger charge is 2.43. The number of benzene rings is 2. The Bertz CT molecular complexity index is 1570. The minimum Gasteiger partial charge on any atom is -0.439 e. The number of urea groups is 1. The van der Waals surface area contributed by atoms with Crippen molar-refractivity contribution in [3.63, 3.8) is 0 Å². The molecule has 212 valence electrons. The van der Waals surface area contributed by atoms with E-state index in [0.717, 1.165) is 23.0 Å². The molecule has 2 saturated heterocycles. The van der Waals surface area contributed by atoms with Gasteiger partial charge in [0.15, 0.2) is 11.6 Å². The number of anilines is 3. The molecular weight excluding hydrogens is 536 g/mol. The Hall–Kier alpha value is -4.85. The van der Waals surface area contributed by atoms with Crippen molar-refractivity contribution >= 4 is 40.1 Å². The summed E-state index contributed by atoms with van der Waals surface area (Å²) in [6, 6.07) is 11.0. The second kappa shape index (κ2) is 10.6. The van der Waals surface area contributed by atoms with Gasteiger partial charge in [-0.05, 0) is 19.1 Å². The highest BCUT2D eigenvalue weighted by Crippen LogP contribution is 2.34. The molecule has 2 aliphatic rings. The molecule has 2 aliphatic heterocycles. The summed E-state index contributed by atoms with van der Waals surface area (Å²) in [5.41, 5.74) is 3.23. The molecule has 4 heterocycles. The molecule has 3 amide bonds. The summed E-state index contributed by atoms with van der Waals surface area (Å²) in [5.74, 6) is -1.64. The fourth-order valence-electron chi connectivity index (χ4n) is 5.16. The van der Waals surface area contributed by atoms with Crippen molar-refractivity contribution in [3.05, 3.63) is 72.7 Å². The van der Waals surface area contributed by atoms with Gasteiger partial charge in [0, 0.05) is 49.5 Å². The second-order valence-corrected chi connectivity index (χ2v) is 10.1. The van der Waals surface area contributed by atoms with Crippen LogP contribution in [0.25, 0.3) is 10.9 Å². The zero-order chi connectivity index (χ0) is 28.6. The van der Waals surface area contributed by atoms with E-state index in [-0.39, 0.29) is 50.6 Å². The number of hydrogen-bond donors (Lipinski definition) is 2. The molecule has 0 saturated carbocycles. The molecule has 0 unspecified atom stereocenters. The van der Waals surface area contributed by atoms with Crippen LogP contribution >= 0.6 is 0 Å². The zero-order valence-electron chi connectivity index (χ0n) is 22.1. The van der Waals surface area contributed by atoms with Crippen LogP contribution in [0.1, 0.15) is 6.92 Å². The van der Waals surface area contributed by atoms with Crippen LogP contribution in [0, 0.1) is 11.6 Å². The number of para-hydroxylation sites is 1. The van der Waals surface area contributed by atoms with E-state index in [1.165, 1.54) is 25.7 Å². The number of ether oxygens (including phenoxy) is 1. The van der Waals surface area contributed by atoms with Crippen LogP contribution in [-0.2, 0) is 11.3 Å². The van der Waals surface area contributed by atoms with Crippen LogP contribution in [0.4, 0.5) is 35.4 Å². The molecule has 41 heavy (non-hydrogen) atoms. The number of nitrogens with one attached hydrogen (secondary N) is 2. The highest BCUT2D eigenvalue weighted by atomic mass is 19.1. The topological polar surface area (TPSA) is 121 Å². The van der Waals surface area contributed by atoms with Gasteiger partial charge < -0.3 is 15.0 Å². The number of nitrogens with zero attached hydrogens (tertiary/aromatic N) is 7. The predicted molar refractivity (Wildman–Crippen MR) is 146 cm³/mol. The highest BCUT2D eigenvalue weighted by molar-refractivity contribution is 6.00. The van der Waals surface area contributed by atoms with Gasteiger partial charge in [-0.1, -0.05) is 23.4 Å². The van der Waals surface area contributed by atoms with Crippen molar-refractivity contribution in [2.45, 2.75) is 19.1 Å². The van der Waals surface area contributed by atoms with Crippen molar-refractivity contribution in [2.24, 2.45) is 0 Å². The van der Waals surface area contributed by atoms with Gasteiger partial charge in [0.05, 0.1) is 42.7 Å². The number of carbonyl (C=O) groups excluding carboxylic acids is 2. The fourth-order valence-corrected chi connectivity index (χ4v) is 5.16. The molecular formula is C27H27F2N9O3. The average Bonchev–Trinajstić information content (AvgIpc) is 3.47. The van der Waals surface area contributed by atoms with E-state index in [1.807, 2.05) is 24.3 Å². The lowest BCUT2D eigenvalue weighted by molar-refractivity contribution is 0.0545. The van der Waals surface area contributed by atoms with E-state index in [1.54, 1.807) is 25.4 Å². The van der Waals surface area contributed by atoms with E-state index < -0.39 is 29.4 Å². The number of halogens is 2. The first-order valence-corrected chi connectivity index (χ1v) is 13.0. The molecule has 2 N–H and O–H groups in total. The molecule has 0 bridgehead atoms. The minimum absolute atomic E-state index is 0.0505. The summed E-state index contributed by atoms with van der Waals surface area (Å²) >= 11 is 0. The smallest absolute Gasteiger partial charge is 0.415 e. The molecule has 14 heteroatoms. The van der Waals surface area contributed by atoms with E-state index in [9.17, 15) is 9.59 Å². The Kier molecular flexibility index (Phi) is 6.83. The van der Waals surface area contributed by atoms with E-state index in [4.69, 9.17) is 4.74 Å². The molecule has 0 spiro atoms. The number of cyclic esters (lactones) is 1. The summed E-state index contributed by atoms with van der Waals surface area (Å²) in [5, 5.41) is 12.7. The lowest BCUT2D eigenvalue weighted by Gasteiger charge is -2.25. The maximum Gasteiger partial charge on any atom is 0.415 e. The quantitative estimate of drug-likeness (QED) is 0.379. The van der Waals surface area contributed by atoms with Gasteiger partial charge in [0.1, 0.15) is 11.3 Å². The maximum atomic E-state index is 15.4. The summed E-state index contributed by atoms with van der Waals surface area (Å²) in [6.07, 6.45) is 4.05. The third kappa shape index (κ3) is 5.33. The normalized spacial score (nSPS) is 19.4. The van der Waals surface area contributed by atoms with Crippen LogP contribution in [0.2, 0.25) is 0 Å². The van der Waals surface area contributed by atoms with Crippen molar-refractivity contribution in [3.8, 4) is 0 Å². The third-order valence-corrected chi connectivity index (χ3v) is 7.06. The predicted octanol–water partition coefficient (Wildman–Crippen LogP) is 3.38. The van der Waals surface area contributed by atoms with Crippen LogP contribution in [0.15, 0.2) is 61.1 Å². The van der Waals surface area contributed by atoms with Crippen molar-refractivity contribution in [2.75, 3.05) is 47.8 Å². The Balaban J connectivity index is 1.14. The molecule has 6 rings (SSSR count). The largest absolute Gasteiger partial charge is 0.439 e. The van der Waals surface area contributed by atoms with Gasteiger partial charge in [-0.2, -0.15) is 0 Å². The number of carbonyl (C=O) groups is 2. The summed E-state index contributed by atoms with van der Waals surface area (Å²) in [4.78, 5) is 32.7. The van der Waals surface area contributed by atoms with Crippen LogP contribution in [-0.4, -0.2) is 75.4 Å². The standard InChI is InChI=1S/C27H27F2N9O3/c1-27(16-36-11-8-31-34-36)17-37(26(40)41-27)18-14-20(28)24(21(29)15-18)35-10-9-32-38(13-12-35)25(39)33-23-6-7-30-22-5-3-2-4-19(22)23/h2-8,11,14-15,32H,9-10,12-13,16-17H2,1H3,(H,30,33,39)/t27-/m0/s1. The van der Waals surface area contributed by atoms with Gasteiger partial charge in [-0.25, -0.2) is 28.5 Å². The lowest BCUT2D eigenvalue weighted by atomic mass is 10.1. The van der Waals surface area contributed by atoms with Crippen LogP contribution in [0.3, 0.4) is 0 Å². The Morgan fingerprint density at radius 2 is 1.93 bits per heavy atom. The van der Waals surface area contributed by atoms with Gasteiger partial charge >= 0.3 is 12.1 Å². The molecule has 2 fully saturated rings. The van der Waals surface area contributed by atoms with E-state index >= 15 is 8.78 Å². The first-order chi connectivity index (χ1) is 19.8. The van der Waals surface area contributed by atoms with Gasteiger partial charge in [0.2, 0.25) is 0 Å². The van der Waals surface area contributed by atoms with Crippen LogP contribution < -0.4 is 20.5 Å². The number of fused-ring (bicyclic) bond motifs is 1. The average molecular weight is 564 g/mol. The van der Waals surface area contributed by atoms with Gasteiger partial charge in [0.25, 0.3) is 0 Å². The van der Waals surface area contributed by atoms with Gasteiger partial charge in [-0.15, -0.1) is 5.10 Å². The summed E-state index contributed by atoms with van der Waals surface area (Å²) in [6.45, 7) is 2.88. The van der Waals surface area contributed by atoms with Crippen molar-refractivity contribution < 1.29 is 23.1 Å². The molecule has 2 aromatic carbocycles. The number of rotatable bonds is 5. The molecule has 0 aliphatic carbocycles. The van der Waals surface area contributed by atoms with Crippen LogP contribution in [0.5, 0.6) is 0 Å². The fraction of sp³-hybridized carbons (Fsp3) is 0.296. The SMILES string of the molecule is C[C@]1(Cn2ccnn2)CN(c2cc(F)c(N3CCNN(C(=O)Nc4ccnc5ccccc45)CC3)c(F)c2)C(=O)O1. The summed E-state index contributed by atoms with van der Waals surface area (Å²) < 4.78 is 37.8. The van der Waals surface area contributed by atoms with E-state index in [2.05, 4.69) is 26.0 Å². The Morgan fingerprint density at radius 3 is 2.71 bits per heavy atom. The molecule has 4 aromatic rings. The van der Waals surface area contributed by atoms with Crippen molar-refractivity contribution in [1.29, 1.82) is 0 Å². The first-order valence-electron chi connectivity index (χ1n) is 13.0. The maximum absolute atomic E-state index is 15.4. The number of pyridine rings is 1. The van der Waals surface area contributed by atoms with E-state index in [0.29, 0.717) is 5.69 Å². The number of hydrazine groups is 1. The monoisotopic (exact) mass is 563 g/mol. The molecule has 0 radical (unpaired) electrons. The number of aromatic nitrogens is 4. The Morgan fingerprint density at radius 1 is 1.12 bits per heavy atom. The number of amides is 3. The molecule has 2 aromatic heterocycles. The number of hydrogen-bond acceptors (Lipinski definition) is 8. The summed E-state index contributed by atoms with van der Waals surface area (Å²) in [7, 11) is 0. The van der Waals surface area contributed by atoms with Gasteiger partial charge in [-0.3, -0.25) is 14.9 Å². The Labute approximate surface area is 233 Å². The second-order valence-electron chi connectivity index (χ2n) is 10.1.